The maximum atomic E-state index is 14.5. The van der Waals surface area contributed by atoms with Crippen molar-refractivity contribution in [1.29, 1.82) is 0 Å². The van der Waals surface area contributed by atoms with Crippen LogP contribution in [-0.4, -0.2) is 29.0 Å². The van der Waals surface area contributed by atoms with Crippen molar-refractivity contribution in [3.8, 4) is 11.1 Å². The summed E-state index contributed by atoms with van der Waals surface area (Å²) in [4.78, 5) is 20.0. The number of hydrogen-bond acceptors (Lipinski definition) is 3. The fourth-order valence-electron chi connectivity index (χ4n) is 5.17. The minimum atomic E-state index is -4.38. The second-order valence-electron chi connectivity index (χ2n) is 10.9. The van der Waals surface area contributed by atoms with Crippen molar-refractivity contribution in [3.63, 3.8) is 0 Å². The molecule has 1 aliphatic rings. The molecule has 2 heterocycles. The Kier molecular flexibility index (Phi) is 9.29. The van der Waals surface area contributed by atoms with E-state index < -0.39 is 40.6 Å². The number of nitrogens with zero attached hydrogens (tertiary/aromatic N) is 1. The largest absolute Gasteiger partial charge is 0.416 e. The zero-order chi connectivity index (χ0) is 32.2. The van der Waals surface area contributed by atoms with Crippen LogP contribution < -0.4 is 10.6 Å². The number of aromatic nitrogens is 2. The zero-order valence-electron chi connectivity index (χ0n) is 24.2. The zero-order valence-corrected chi connectivity index (χ0v) is 24.2. The molecule has 5 nitrogen and oxygen atoms in total. The molecule has 0 radical (unpaired) electrons. The summed E-state index contributed by atoms with van der Waals surface area (Å²) in [6.45, 7) is 2.44. The Labute approximate surface area is 255 Å². The fraction of sp³-hybridized carbons (Fsp3) is 0.235. The summed E-state index contributed by atoms with van der Waals surface area (Å²) in [7, 11) is 0. The minimum absolute atomic E-state index is 0.0522. The monoisotopic (exact) mass is 624 g/mol. The molecular formula is C34H30F6N4O. The van der Waals surface area contributed by atoms with E-state index in [-0.39, 0.29) is 5.56 Å². The van der Waals surface area contributed by atoms with Crippen molar-refractivity contribution in [3.05, 3.63) is 125 Å². The third kappa shape index (κ3) is 7.72. The van der Waals surface area contributed by atoms with Gasteiger partial charge < -0.3 is 15.6 Å². The standard InChI is InChI=1S/C27H24F4N4O.C7H6F2/c28-23-6-5-17(20-7-13-32-24-21(20)8-14-33-24)15-22(23)25(36)34-11-2-12-35-26(9-10-26)18-3-1-4-19(16-18)27(29,30)31;1-5-2-6(8)4-7(9)3-5/h1,3-8,13-16,35H,2,9-12H2,(H,32,33)(H,34,36);2-4H,1H3. The van der Waals surface area contributed by atoms with Crippen molar-refractivity contribution in [2.24, 2.45) is 0 Å². The van der Waals surface area contributed by atoms with E-state index in [0.29, 0.717) is 41.8 Å². The van der Waals surface area contributed by atoms with Crippen LogP contribution in [0.2, 0.25) is 0 Å². The van der Waals surface area contributed by atoms with Crippen LogP contribution >= 0.6 is 0 Å². The lowest BCUT2D eigenvalue weighted by molar-refractivity contribution is -0.137. The lowest BCUT2D eigenvalue weighted by Gasteiger charge is -2.19. The molecule has 0 bridgehead atoms. The predicted molar refractivity (Wildman–Crippen MR) is 160 cm³/mol. The number of carbonyl (C=O) groups is 1. The molecular weight excluding hydrogens is 594 g/mol. The first-order chi connectivity index (χ1) is 21.4. The number of aryl methyl sites for hydroxylation is 1. The maximum Gasteiger partial charge on any atom is 0.416 e. The molecule has 1 fully saturated rings. The second kappa shape index (κ2) is 13.2. The molecule has 2 aromatic heterocycles. The second-order valence-corrected chi connectivity index (χ2v) is 10.9. The smallest absolute Gasteiger partial charge is 0.352 e. The van der Waals surface area contributed by atoms with Crippen LogP contribution in [0.4, 0.5) is 26.3 Å². The van der Waals surface area contributed by atoms with Gasteiger partial charge in [0.15, 0.2) is 0 Å². The van der Waals surface area contributed by atoms with Gasteiger partial charge in [-0.15, -0.1) is 0 Å². The molecule has 3 aromatic carbocycles. The lowest BCUT2D eigenvalue weighted by atomic mass is 10.0. The highest BCUT2D eigenvalue weighted by Crippen LogP contribution is 2.46. The van der Waals surface area contributed by atoms with Crippen molar-refractivity contribution < 1.29 is 31.1 Å². The van der Waals surface area contributed by atoms with Gasteiger partial charge in [0.2, 0.25) is 0 Å². The van der Waals surface area contributed by atoms with Crippen LogP contribution in [0, 0.1) is 24.4 Å². The molecule has 1 aliphatic carbocycles. The average Bonchev–Trinajstić information content (AvgIpc) is 3.62. The molecule has 1 amide bonds. The third-order valence-corrected chi connectivity index (χ3v) is 7.58. The number of aromatic amines is 1. The van der Waals surface area contributed by atoms with Gasteiger partial charge in [-0.05, 0) is 104 Å². The van der Waals surface area contributed by atoms with Crippen LogP contribution in [0.25, 0.3) is 22.2 Å². The molecule has 0 saturated heterocycles. The van der Waals surface area contributed by atoms with Gasteiger partial charge in [-0.2, -0.15) is 13.2 Å². The van der Waals surface area contributed by atoms with Gasteiger partial charge in [0.1, 0.15) is 23.1 Å². The van der Waals surface area contributed by atoms with E-state index >= 15 is 0 Å². The van der Waals surface area contributed by atoms with Gasteiger partial charge in [-0.1, -0.05) is 18.2 Å². The number of hydrogen-bond donors (Lipinski definition) is 3. The first-order valence-electron chi connectivity index (χ1n) is 14.3. The molecule has 3 N–H and O–H groups in total. The number of alkyl halides is 3. The predicted octanol–water partition coefficient (Wildman–Crippen LogP) is 8.06. The van der Waals surface area contributed by atoms with E-state index in [1.54, 1.807) is 31.5 Å². The molecule has 1 saturated carbocycles. The fourth-order valence-corrected chi connectivity index (χ4v) is 5.17. The van der Waals surface area contributed by atoms with Crippen LogP contribution in [0.15, 0.2) is 85.2 Å². The van der Waals surface area contributed by atoms with E-state index in [9.17, 15) is 31.1 Å². The number of amides is 1. The molecule has 0 aliphatic heterocycles. The van der Waals surface area contributed by atoms with E-state index in [1.165, 1.54) is 36.4 Å². The molecule has 0 atom stereocenters. The van der Waals surface area contributed by atoms with Crippen molar-refractivity contribution in [1.82, 2.24) is 20.6 Å². The number of H-pyrrole nitrogens is 1. The van der Waals surface area contributed by atoms with E-state index in [0.717, 1.165) is 35.9 Å². The maximum absolute atomic E-state index is 14.5. The van der Waals surface area contributed by atoms with Crippen molar-refractivity contribution in [2.45, 2.75) is 37.9 Å². The summed E-state index contributed by atoms with van der Waals surface area (Å²) in [5.74, 6) is -2.18. The Morgan fingerprint density at radius 3 is 2.38 bits per heavy atom. The summed E-state index contributed by atoms with van der Waals surface area (Å²) < 4.78 is 78.0. The Morgan fingerprint density at radius 1 is 0.933 bits per heavy atom. The van der Waals surface area contributed by atoms with E-state index in [1.807, 2.05) is 12.1 Å². The number of fused-ring (bicyclic) bond motifs is 1. The Bertz CT molecular complexity index is 1760. The molecule has 234 valence electrons. The summed E-state index contributed by atoms with van der Waals surface area (Å²) in [6, 6.07) is 16.9. The number of nitrogens with one attached hydrogen (secondary N) is 3. The number of halogens is 6. The normalized spacial score (nSPS) is 13.7. The summed E-state index contributed by atoms with van der Waals surface area (Å²) in [6.07, 6.45) is 1.08. The lowest BCUT2D eigenvalue weighted by Crippen LogP contribution is -2.33. The Morgan fingerprint density at radius 2 is 1.69 bits per heavy atom. The summed E-state index contributed by atoms with van der Waals surface area (Å²) in [5.41, 5.74) is 2.29. The number of rotatable bonds is 8. The van der Waals surface area contributed by atoms with Gasteiger partial charge in [0, 0.05) is 35.9 Å². The van der Waals surface area contributed by atoms with Gasteiger partial charge in [-0.3, -0.25) is 4.79 Å². The van der Waals surface area contributed by atoms with Crippen LogP contribution in [0.3, 0.4) is 0 Å². The van der Waals surface area contributed by atoms with Crippen molar-refractivity contribution in [2.75, 3.05) is 13.1 Å². The molecule has 5 aromatic rings. The van der Waals surface area contributed by atoms with Crippen LogP contribution in [0.1, 0.15) is 46.3 Å². The average molecular weight is 625 g/mol. The van der Waals surface area contributed by atoms with Gasteiger partial charge >= 0.3 is 6.18 Å². The highest BCUT2D eigenvalue weighted by atomic mass is 19.4. The highest BCUT2D eigenvalue weighted by molar-refractivity contribution is 5.98. The molecule has 0 unspecified atom stereocenters. The summed E-state index contributed by atoms with van der Waals surface area (Å²) >= 11 is 0. The number of pyridine rings is 1. The first kappa shape index (κ1) is 31.8. The SMILES string of the molecule is Cc1cc(F)cc(F)c1.O=C(NCCCNC1(c2cccc(C(F)(F)F)c2)CC1)c1cc(-c2ccnc3[nH]ccc23)ccc1F. The third-order valence-electron chi connectivity index (χ3n) is 7.58. The first-order valence-corrected chi connectivity index (χ1v) is 14.3. The van der Waals surface area contributed by atoms with Crippen molar-refractivity contribution >= 4 is 16.9 Å². The molecule has 6 rings (SSSR count). The Balaban J connectivity index is 0.000000383. The van der Waals surface area contributed by atoms with Crippen LogP contribution in [0.5, 0.6) is 0 Å². The van der Waals surface area contributed by atoms with E-state index in [2.05, 4.69) is 20.6 Å². The van der Waals surface area contributed by atoms with Gasteiger partial charge in [-0.25, -0.2) is 18.2 Å². The van der Waals surface area contributed by atoms with Gasteiger partial charge in [0.05, 0.1) is 11.1 Å². The summed E-state index contributed by atoms with van der Waals surface area (Å²) in [5, 5.41) is 6.94. The quantitative estimate of drug-likeness (QED) is 0.121. The van der Waals surface area contributed by atoms with Gasteiger partial charge in [0.25, 0.3) is 5.91 Å². The molecule has 11 heteroatoms. The number of carbonyl (C=O) groups excluding carboxylic acids is 1. The molecule has 0 spiro atoms. The van der Waals surface area contributed by atoms with E-state index in [4.69, 9.17) is 0 Å². The minimum Gasteiger partial charge on any atom is -0.352 e. The Hall–Kier alpha value is -4.64. The highest BCUT2D eigenvalue weighted by Gasteiger charge is 2.44. The topological polar surface area (TPSA) is 69.8 Å². The van der Waals surface area contributed by atoms with Crippen LogP contribution in [-0.2, 0) is 11.7 Å². The number of benzene rings is 3. The molecule has 45 heavy (non-hydrogen) atoms.